The molecule has 3 nitrogen and oxygen atoms in total. The molecule has 1 saturated heterocycles. The highest BCUT2D eigenvalue weighted by Crippen LogP contribution is 2.25. The van der Waals surface area contributed by atoms with Gasteiger partial charge in [0.15, 0.2) is 0 Å². The number of anilines is 1. The van der Waals surface area contributed by atoms with Crippen molar-refractivity contribution in [2.24, 2.45) is 0 Å². The van der Waals surface area contributed by atoms with Crippen LogP contribution in [0.4, 0.5) is 5.69 Å². The molecule has 1 heterocycles. The Bertz CT molecular complexity index is 553. The molecule has 0 radical (unpaired) electrons. The summed E-state index contributed by atoms with van der Waals surface area (Å²) in [6.45, 7) is 0.829. The van der Waals surface area contributed by atoms with Gasteiger partial charge >= 0.3 is 0 Å². The van der Waals surface area contributed by atoms with Crippen molar-refractivity contribution in [3.8, 4) is 0 Å². The van der Waals surface area contributed by atoms with E-state index in [9.17, 15) is 4.79 Å². The molecule has 2 aromatic rings. The van der Waals surface area contributed by atoms with E-state index < -0.39 is 0 Å². The van der Waals surface area contributed by atoms with E-state index in [1.54, 1.807) is 0 Å². The van der Waals surface area contributed by atoms with E-state index in [0.29, 0.717) is 0 Å². The van der Waals surface area contributed by atoms with Crippen molar-refractivity contribution >= 4 is 11.6 Å². The first-order valence-electron chi connectivity index (χ1n) is 6.52. The Morgan fingerprint density at radius 2 is 1.58 bits per heavy atom. The SMILES string of the molecule is O=C1NN(c2ccccc2)CC[C@@H]1c1ccccc1. The molecular formula is C16H16N2O. The zero-order valence-electron chi connectivity index (χ0n) is 10.6. The Labute approximate surface area is 112 Å². The molecule has 1 amide bonds. The Morgan fingerprint density at radius 3 is 2.21 bits per heavy atom. The minimum absolute atomic E-state index is 0.0406. The highest BCUT2D eigenvalue weighted by molar-refractivity contribution is 5.86. The van der Waals surface area contributed by atoms with E-state index in [0.717, 1.165) is 24.2 Å². The Hall–Kier alpha value is -2.29. The average Bonchev–Trinajstić information content (AvgIpc) is 2.49. The number of carbonyl (C=O) groups is 1. The van der Waals surface area contributed by atoms with Gasteiger partial charge in [0.2, 0.25) is 5.91 Å². The van der Waals surface area contributed by atoms with Crippen LogP contribution in [0.15, 0.2) is 60.7 Å². The summed E-state index contributed by atoms with van der Waals surface area (Å²) in [5, 5.41) is 1.92. The number of rotatable bonds is 2. The molecular weight excluding hydrogens is 236 g/mol. The largest absolute Gasteiger partial charge is 0.286 e. The first kappa shape index (κ1) is 11.8. The maximum absolute atomic E-state index is 12.2. The van der Waals surface area contributed by atoms with Gasteiger partial charge in [0.1, 0.15) is 0 Å². The second-order valence-electron chi connectivity index (χ2n) is 4.72. The Morgan fingerprint density at radius 1 is 0.947 bits per heavy atom. The van der Waals surface area contributed by atoms with Crippen LogP contribution in [0.1, 0.15) is 17.9 Å². The van der Waals surface area contributed by atoms with Crippen LogP contribution < -0.4 is 10.4 Å². The maximum atomic E-state index is 12.2. The molecule has 96 valence electrons. The minimum Gasteiger partial charge on any atom is -0.286 e. The number of nitrogens with one attached hydrogen (secondary N) is 1. The normalized spacial score (nSPS) is 19.1. The third kappa shape index (κ3) is 2.45. The van der Waals surface area contributed by atoms with Gasteiger partial charge in [0.05, 0.1) is 11.6 Å². The first-order valence-corrected chi connectivity index (χ1v) is 6.52. The van der Waals surface area contributed by atoms with E-state index in [-0.39, 0.29) is 11.8 Å². The van der Waals surface area contributed by atoms with Crippen LogP contribution in [0.2, 0.25) is 0 Å². The first-order chi connectivity index (χ1) is 9.34. The summed E-state index contributed by atoms with van der Waals surface area (Å²) in [4.78, 5) is 12.2. The van der Waals surface area contributed by atoms with Gasteiger partial charge in [-0.05, 0) is 24.1 Å². The fourth-order valence-corrected chi connectivity index (χ4v) is 2.46. The monoisotopic (exact) mass is 252 g/mol. The number of benzene rings is 2. The van der Waals surface area contributed by atoms with Crippen LogP contribution in [0.25, 0.3) is 0 Å². The van der Waals surface area contributed by atoms with Gasteiger partial charge in [-0.1, -0.05) is 48.5 Å². The predicted molar refractivity (Wildman–Crippen MR) is 75.7 cm³/mol. The van der Waals surface area contributed by atoms with Crippen molar-refractivity contribution < 1.29 is 4.79 Å². The van der Waals surface area contributed by atoms with Crippen molar-refractivity contribution in [3.63, 3.8) is 0 Å². The van der Waals surface area contributed by atoms with E-state index in [4.69, 9.17) is 0 Å². The number of carbonyl (C=O) groups excluding carboxylic acids is 1. The van der Waals surface area contributed by atoms with Crippen LogP contribution in [0.5, 0.6) is 0 Å². The number of nitrogens with zero attached hydrogens (tertiary/aromatic N) is 1. The molecule has 19 heavy (non-hydrogen) atoms. The van der Waals surface area contributed by atoms with Gasteiger partial charge in [-0.15, -0.1) is 0 Å². The number of para-hydroxylation sites is 1. The lowest BCUT2D eigenvalue weighted by molar-refractivity contribution is -0.123. The van der Waals surface area contributed by atoms with Crippen LogP contribution in [-0.2, 0) is 4.79 Å². The molecule has 0 saturated carbocycles. The lowest BCUT2D eigenvalue weighted by Crippen LogP contribution is -2.50. The molecule has 1 N–H and O–H groups in total. The van der Waals surface area contributed by atoms with Gasteiger partial charge in [-0.3, -0.25) is 15.2 Å². The third-order valence-corrected chi connectivity index (χ3v) is 3.47. The van der Waals surface area contributed by atoms with Crippen molar-refractivity contribution in [3.05, 3.63) is 66.2 Å². The van der Waals surface area contributed by atoms with Gasteiger partial charge < -0.3 is 0 Å². The number of amides is 1. The third-order valence-electron chi connectivity index (χ3n) is 3.47. The second kappa shape index (κ2) is 5.14. The second-order valence-corrected chi connectivity index (χ2v) is 4.72. The molecule has 1 aliphatic heterocycles. The van der Waals surface area contributed by atoms with Gasteiger partial charge in [0, 0.05) is 6.54 Å². The molecule has 3 rings (SSSR count). The van der Waals surface area contributed by atoms with E-state index >= 15 is 0 Å². The van der Waals surface area contributed by atoms with Gasteiger partial charge in [-0.2, -0.15) is 0 Å². The predicted octanol–water partition coefficient (Wildman–Crippen LogP) is 2.71. The summed E-state index contributed by atoms with van der Waals surface area (Å²) in [7, 11) is 0. The summed E-state index contributed by atoms with van der Waals surface area (Å²) in [5.74, 6) is 0.0301. The van der Waals surface area contributed by atoms with Crippen molar-refractivity contribution in [1.82, 2.24) is 5.43 Å². The van der Waals surface area contributed by atoms with Crippen molar-refractivity contribution in [2.75, 3.05) is 11.6 Å². The summed E-state index contributed by atoms with van der Waals surface area (Å²) in [6.07, 6.45) is 0.838. The summed E-state index contributed by atoms with van der Waals surface area (Å²) < 4.78 is 0. The number of hydrogen-bond donors (Lipinski definition) is 1. The molecule has 3 heteroatoms. The summed E-state index contributed by atoms with van der Waals surface area (Å²) in [6, 6.07) is 19.9. The summed E-state index contributed by atoms with van der Waals surface area (Å²) in [5.41, 5.74) is 5.10. The standard InChI is InChI=1S/C16H16N2O/c19-16-15(13-7-3-1-4-8-13)11-12-18(17-16)14-9-5-2-6-10-14/h1-10,15H,11-12H2,(H,17,19)/t15-/m1/s1. The molecule has 1 atom stereocenters. The fourth-order valence-electron chi connectivity index (χ4n) is 2.46. The van der Waals surface area contributed by atoms with Crippen LogP contribution in [0, 0.1) is 0 Å². The summed E-state index contributed by atoms with van der Waals surface area (Å²) >= 11 is 0. The highest BCUT2D eigenvalue weighted by Gasteiger charge is 2.27. The van der Waals surface area contributed by atoms with Gasteiger partial charge in [-0.25, -0.2) is 0 Å². The lowest BCUT2D eigenvalue weighted by atomic mass is 9.93. The molecule has 1 aliphatic rings. The Balaban J connectivity index is 1.75. The van der Waals surface area contributed by atoms with E-state index in [2.05, 4.69) is 5.43 Å². The molecule has 0 spiro atoms. The van der Waals surface area contributed by atoms with Crippen molar-refractivity contribution in [2.45, 2.75) is 12.3 Å². The molecule has 1 fully saturated rings. The zero-order valence-corrected chi connectivity index (χ0v) is 10.6. The quantitative estimate of drug-likeness (QED) is 0.891. The van der Waals surface area contributed by atoms with Crippen LogP contribution in [-0.4, -0.2) is 12.5 Å². The minimum atomic E-state index is -0.0406. The zero-order chi connectivity index (χ0) is 13.1. The topological polar surface area (TPSA) is 32.3 Å². The van der Waals surface area contributed by atoms with E-state index in [1.807, 2.05) is 65.7 Å². The average molecular weight is 252 g/mol. The maximum Gasteiger partial charge on any atom is 0.246 e. The lowest BCUT2D eigenvalue weighted by Gasteiger charge is -2.33. The number of hydrazine groups is 1. The molecule has 2 aromatic carbocycles. The van der Waals surface area contributed by atoms with Crippen molar-refractivity contribution in [1.29, 1.82) is 0 Å². The molecule has 0 bridgehead atoms. The molecule has 0 aliphatic carbocycles. The highest BCUT2D eigenvalue weighted by atomic mass is 16.2. The van der Waals surface area contributed by atoms with Crippen LogP contribution in [0.3, 0.4) is 0 Å². The molecule has 0 unspecified atom stereocenters. The Kier molecular flexibility index (Phi) is 3.19. The fraction of sp³-hybridized carbons (Fsp3) is 0.188. The number of hydrogen-bond acceptors (Lipinski definition) is 2. The molecule has 0 aromatic heterocycles. The van der Waals surface area contributed by atoms with Crippen LogP contribution >= 0.6 is 0 Å². The van der Waals surface area contributed by atoms with E-state index in [1.165, 1.54) is 0 Å². The van der Waals surface area contributed by atoms with Gasteiger partial charge in [0.25, 0.3) is 0 Å². The smallest absolute Gasteiger partial charge is 0.246 e.